The standard InChI is InChI=1S/C13H17ClN2O/c1-9-11(14)5-2-6-12(9)16-10-4-3-7-15-13(17)8-10/h2,5-6,10,16H,3-4,7-8H2,1H3,(H,15,17). The van der Waals surface area contributed by atoms with Crippen molar-refractivity contribution < 1.29 is 4.79 Å². The van der Waals surface area contributed by atoms with Gasteiger partial charge < -0.3 is 10.6 Å². The summed E-state index contributed by atoms with van der Waals surface area (Å²) in [5.74, 6) is 0.125. The molecule has 4 heteroatoms. The first kappa shape index (κ1) is 12.2. The maximum absolute atomic E-state index is 11.5. The molecule has 2 N–H and O–H groups in total. The number of carbonyl (C=O) groups excluding carboxylic acids is 1. The SMILES string of the molecule is Cc1c(Cl)cccc1NC1CCCNC(=O)C1. The third kappa shape index (κ3) is 3.13. The molecular formula is C13H17ClN2O. The van der Waals surface area contributed by atoms with Gasteiger partial charge in [0.1, 0.15) is 0 Å². The van der Waals surface area contributed by atoms with E-state index in [0.29, 0.717) is 6.42 Å². The van der Waals surface area contributed by atoms with Crippen LogP contribution in [0.15, 0.2) is 18.2 Å². The number of benzene rings is 1. The number of rotatable bonds is 2. The lowest BCUT2D eigenvalue weighted by Gasteiger charge is -2.18. The van der Waals surface area contributed by atoms with Crippen molar-refractivity contribution in [1.82, 2.24) is 5.32 Å². The van der Waals surface area contributed by atoms with Crippen LogP contribution in [0, 0.1) is 6.92 Å². The minimum absolute atomic E-state index is 0.125. The van der Waals surface area contributed by atoms with E-state index < -0.39 is 0 Å². The largest absolute Gasteiger partial charge is 0.382 e. The molecule has 1 aromatic rings. The molecular weight excluding hydrogens is 236 g/mol. The zero-order chi connectivity index (χ0) is 12.3. The predicted molar refractivity (Wildman–Crippen MR) is 70.5 cm³/mol. The second kappa shape index (κ2) is 5.41. The maximum atomic E-state index is 11.5. The zero-order valence-electron chi connectivity index (χ0n) is 9.92. The van der Waals surface area contributed by atoms with Crippen molar-refractivity contribution in [3.63, 3.8) is 0 Å². The number of nitrogens with one attached hydrogen (secondary N) is 2. The summed E-state index contributed by atoms with van der Waals surface area (Å²) >= 11 is 6.07. The van der Waals surface area contributed by atoms with E-state index in [1.165, 1.54) is 0 Å². The fourth-order valence-electron chi connectivity index (χ4n) is 2.08. The van der Waals surface area contributed by atoms with Crippen LogP contribution in [0.2, 0.25) is 5.02 Å². The summed E-state index contributed by atoms with van der Waals surface area (Å²) in [6.45, 7) is 2.77. The van der Waals surface area contributed by atoms with Gasteiger partial charge in [0.15, 0.2) is 0 Å². The first-order valence-electron chi connectivity index (χ1n) is 5.95. The molecule has 0 aromatic heterocycles. The minimum atomic E-state index is 0.125. The third-order valence-electron chi connectivity index (χ3n) is 3.11. The quantitative estimate of drug-likeness (QED) is 0.850. The summed E-state index contributed by atoms with van der Waals surface area (Å²) in [5.41, 5.74) is 2.07. The van der Waals surface area contributed by atoms with E-state index in [1.807, 2.05) is 25.1 Å². The number of hydrogen-bond donors (Lipinski definition) is 2. The molecule has 2 rings (SSSR count). The second-order valence-electron chi connectivity index (χ2n) is 4.45. The fraction of sp³-hybridized carbons (Fsp3) is 0.462. The van der Waals surface area contributed by atoms with Crippen molar-refractivity contribution in [2.24, 2.45) is 0 Å². The van der Waals surface area contributed by atoms with Crippen LogP contribution in [0.5, 0.6) is 0 Å². The molecule has 1 heterocycles. The number of carbonyl (C=O) groups is 1. The maximum Gasteiger partial charge on any atom is 0.222 e. The van der Waals surface area contributed by atoms with Crippen LogP contribution in [0.25, 0.3) is 0 Å². The molecule has 1 aromatic carbocycles. The summed E-state index contributed by atoms with van der Waals surface area (Å²) in [6, 6.07) is 6.01. The summed E-state index contributed by atoms with van der Waals surface area (Å²) in [4.78, 5) is 11.5. The van der Waals surface area contributed by atoms with E-state index in [0.717, 1.165) is 35.7 Å². The Bertz CT molecular complexity index is 420. The van der Waals surface area contributed by atoms with Crippen LogP contribution in [0.3, 0.4) is 0 Å². The van der Waals surface area contributed by atoms with Gasteiger partial charge in [-0.1, -0.05) is 17.7 Å². The van der Waals surface area contributed by atoms with E-state index in [1.54, 1.807) is 0 Å². The zero-order valence-corrected chi connectivity index (χ0v) is 10.7. The topological polar surface area (TPSA) is 41.1 Å². The van der Waals surface area contributed by atoms with Crippen LogP contribution < -0.4 is 10.6 Å². The molecule has 0 aliphatic carbocycles. The highest BCUT2D eigenvalue weighted by Gasteiger charge is 2.17. The van der Waals surface area contributed by atoms with Crippen molar-refractivity contribution in [2.45, 2.75) is 32.2 Å². The van der Waals surface area contributed by atoms with E-state index in [-0.39, 0.29) is 11.9 Å². The molecule has 0 bridgehead atoms. The number of anilines is 1. The van der Waals surface area contributed by atoms with Crippen LogP contribution >= 0.6 is 11.6 Å². The smallest absolute Gasteiger partial charge is 0.222 e. The van der Waals surface area contributed by atoms with Gasteiger partial charge in [-0.2, -0.15) is 0 Å². The highest BCUT2D eigenvalue weighted by molar-refractivity contribution is 6.31. The average molecular weight is 253 g/mol. The van der Waals surface area contributed by atoms with Gasteiger partial charge in [0.05, 0.1) is 0 Å². The molecule has 3 nitrogen and oxygen atoms in total. The Morgan fingerprint density at radius 1 is 1.47 bits per heavy atom. The Morgan fingerprint density at radius 3 is 3.12 bits per heavy atom. The van der Waals surface area contributed by atoms with E-state index in [4.69, 9.17) is 11.6 Å². The van der Waals surface area contributed by atoms with Crippen molar-refractivity contribution in [1.29, 1.82) is 0 Å². The lowest BCUT2D eigenvalue weighted by molar-refractivity contribution is -0.120. The molecule has 1 aliphatic rings. The molecule has 0 saturated carbocycles. The fourth-order valence-corrected chi connectivity index (χ4v) is 2.26. The minimum Gasteiger partial charge on any atom is -0.382 e. The monoisotopic (exact) mass is 252 g/mol. The summed E-state index contributed by atoms with van der Waals surface area (Å²) < 4.78 is 0. The van der Waals surface area contributed by atoms with Gasteiger partial charge in [0.25, 0.3) is 0 Å². The molecule has 17 heavy (non-hydrogen) atoms. The third-order valence-corrected chi connectivity index (χ3v) is 3.52. The second-order valence-corrected chi connectivity index (χ2v) is 4.86. The van der Waals surface area contributed by atoms with Gasteiger partial charge in [0, 0.05) is 29.7 Å². The van der Waals surface area contributed by atoms with Crippen molar-refractivity contribution in [3.8, 4) is 0 Å². The van der Waals surface area contributed by atoms with Gasteiger partial charge in [-0.15, -0.1) is 0 Å². The summed E-state index contributed by atoms with van der Waals surface area (Å²) in [7, 11) is 0. The Labute approximate surface area is 107 Å². The number of hydrogen-bond acceptors (Lipinski definition) is 2. The molecule has 1 unspecified atom stereocenters. The lowest BCUT2D eigenvalue weighted by atomic mass is 10.1. The normalized spacial score (nSPS) is 20.6. The van der Waals surface area contributed by atoms with E-state index in [2.05, 4.69) is 10.6 Å². The van der Waals surface area contributed by atoms with Crippen molar-refractivity contribution in [2.75, 3.05) is 11.9 Å². The van der Waals surface area contributed by atoms with Gasteiger partial charge in [0.2, 0.25) is 5.91 Å². The van der Waals surface area contributed by atoms with E-state index >= 15 is 0 Å². The van der Waals surface area contributed by atoms with Crippen LogP contribution in [-0.2, 0) is 4.79 Å². The predicted octanol–water partition coefficient (Wildman–Crippen LogP) is 2.73. The number of amides is 1. The average Bonchev–Trinajstić information content (AvgIpc) is 2.49. The molecule has 1 aliphatic heterocycles. The Morgan fingerprint density at radius 2 is 2.29 bits per heavy atom. The Hall–Kier alpha value is -1.22. The molecule has 1 atom stereocenters. The molecule has 0 spiro atoms. The lowest BCUT2D eigenvalue weighted by Crippen LogP contribution is -2.27. The highest BCUT2D eigenvalue weighted by atomic mass is 35.5. The van der Waals surface area contributed by atoms with Crippen molar-refractivity contribution >= 4 is 23.2 Å². The molecule has 1 amide bonds. The summed E-state index contributed by atoms with van der Waals surface area (Å²) in [6.07, 6.45) is 2.56. The van der Waals surface area contributed by atoms with E-state index in [9.17, 15) is 4.79 Å². The molecule has 92 valence electrons. The Kier molecular flexibility index (Phi) is 3.89. The molecule has 0 radical (unpaired) electrons. The highest BCUT2D eigenvalue weighted by Crippen LogP contribution is 2.24. The summed E-state index contributed by atoms with van der Waals surface area (Å²) in [5, 5.41) is 7.05. The van der Waals surface area contributed by atoms with Gasteiger partial charge in [-0.3, -0.25) is 4.79 Å². The number of halogens is 1. The molecule has 1 fully saturated rings. The van der Waals surface area contributed by atoms with Crippen LogP contribution in [0.1, 0.15) is 24.8 Å². The first-order valence-corrected chi connectivity index (χ1v) is 6.33. The molecule has 1 saturated heterocycles. The van der Waals surface area contributed by atoms with Crippen molar-refractivity contribution in [3.05, 3.63) is 28.8 Å². The first-order chi connectivity index (χ1) is 8.16. The van der Waals surface area contributed by atoms with Crippen LogP contribution in [0.4, 0.5) is 5.69 Å². The van der Waals surface area contributed by atoms with Crippen LogP contribution in [-0.4, -0.2) is 18.5 Å². The van der Waals surface area contributed by atoms with Gasteiger partial charge in [-0.25, -0.2) is 0 Å². The Balaban J connectivity index is 2.09. The van der Waals surface area contributed by atoms with Gasteiger partial charge in [-0.05, 0) is 37.5 Å². The van der Waals surface area contributed by atoms with Gasteiger partial charge >= 0.3 is 0 Å².